The van der Waals surface area contributed by atoms with Crippen LogP contribution in [0.15, 0.2) is 12.1 Å². The summed E-state index contributed by atoms with van der Waals surface area (Å²) in [6, 6.07) is 4.56. The van der Waals surface area contributed by atoms with Crippen molar-refractivity contribution >= 4 is 0 Å². The van der Waals surface area contributed by atoms with Crippen LogP contribution in [0.2, 0.25) is 0 Å². The molecule has 0 aliphatic carbocycles. The molecule has 13 heavy (non-hydrogen) atoms. The Bertz CT molecular complexity index is 289. The molecule has 0 saturated heterocycles. The van der Waals surface area contributed by atoms with Gasteiger partial charge in [0.2, 0.25) is 0 Å². The quantitative estimate of drug-likeness (QED) is 0.753. The van der Waals surface area contributed by atoms with Crippen molar-refractivity contribution in [3.8, 4) is 0 Å². The molecular formula is C12H19N. The summed E-state index contributed by atoms with van der Waals surface area (Å²) >= 11 is 0. The Morgan fingerprint density at radius 2 is 1.92 bits per heavy atom. The van der Waals surface area contributed by atoms with Gasteiger partial charge >= 0.3 is 0 Å². The van der Waals surface area contributed by atoms with Gasteiger partial charge in [0.05, 0.1) is 0 Å². The molecule has 0 radical (unpaired) electrons. The molecule has 2 N–H and O–H groups in total. The summed E-state index contributed by atoms with van der Waals surface area (Å²) in [5.41, 5.74) is 11.2. The van der Waals surface area contributed by atoms with Crippen molar-refractivity contribution in [1.29, 1.82) is 0 Å². The lowest BCUT2D eigenvalue weighted by Crippen LogP contribution is -2.05. The Hall–Kier alpha value is -0.820. The van der Waals surface area contributed by atoms with E-state index in [1.807, 2.05) is 0 Å². The fraction of sp³-hybridized carbons (Fsp3) is 0.500. The third-order valence-electron chi connectivity index (χ3n) is 2.66. The summed E-state index contributed by atoms with van der Waals surface area (Å²) in [7, 11) is 0. The Balaban J connectivity index is 3.09. The molecule has 72 valence electrons. The lowest BCUT2D eigenvalue weighted by molar-refractivity contribution is 0.946. The zero-order valence-electron chi connectivity index (χ0n) is 8.85. The van der Waals surface area contributed by atoms with Crippen LogP contribution in [0.25, 0.3) is 0 Å². The van der Waals surface area contributed by atoms with Crippen molar-refractivity contribution < 1.29 is 0 Å². The Morgan fingerprint density at radius 1 is 1.23 bits per heavy atom. The van der Waals surface area contributed by atoms with Crippen LogP contribution < -0.4 is 5.73 Å². The highest BCUT2D eigenvalue weighted by Crippen LogP contribution is 2.17. The van der Waals surface area contributed by atoms with Crippen molar-refractivity contribution in [1.82, 2.24) is 0 Å². The minimum Gasteiger partial charge on any atom is -0.330 e. The second-order valence-corrected chi connectivity index (χ2v) is 3.59. The van der Waals surface area contributed by atoms with Gasteiger partial charge < -0.3 is 5.73 Å². The maximum atomic E-state index is 5.57. The predicted molar refractivity (Wildman–Crippen MR) is 58.1 cm³/mol. The average molecular weight is 177 g/mol. The molecule has 0 spiro atoms. The number of aryl methyl sites for hydroxylation is 2. The summed E-state index contributed by atoms with van der Waals surface area (Å²) < 4.78 is 0. The van der Waals surface area contributed by atoms with Crippen LogP contribution >= 0.6 is 0 Å². The van der Waals surface area contributed by atoms with E-state index in [9.17, 15) is 0 Å². The van der Waals surface area contributed by atoms with Crippen molar-refractivity contribution in [2.45, 2.75) is 33.6 Å². The first-order valence-electron chi connectivity index (χ1n) is 4.98. The third kappa shape index (κ3) is 2.31. The second-order valence-electron chi connectivity index (χ2n) is 3.59. The van der Waals surface area contributed by atoms with Crippen LogP contribution in [0.1, 0.15) is 29.2 Å². The van der Waals surface area contributed by atoms with Gasteiger partial charge in [-0.25, -0.2) is 0 Å². The van der Waals surface area contributed by atoms with Crippen LogP contribution in [-0.4, -0.2) is 6.54 Å². The molecule has 0 atom stereocenters. The fourth-order valence-electron chi connectivity index (χ4n) is 1.63. The molecule has 1 rings (SSSR count). The second kappa shape index (κ2) is 4.43. The smallest absolute Gasteiger partial charge is 0.00366 e. The number of benzene rings is 1. The zero-order chi connectivity index (χ0) is 9.84. The van der Waals surface area contributed by atoms with Crippen LogP contribution in [0.5, 0.6) is 0 Å². The summed E-state index contributed by atoms with van der Waals surface area (Å²) in [6.07, 6.45) is 2.11. The lowest BCUT2D eigenvalue weighted by Gasteiger charge is -2.10. The minimum atomic E-state index is 0.743. The molecule has 1 aromatic rings. The molecule has 1 nitrogen and oxygen atoms in total. The van der Waals surface area contributed by atoms with Gasteiger partial charge in [0.1, 0.15) is 0 Å². The van der Waals surface area contributed by atoms with Crippen molar-refractivity contribution in [3.05, 3.63) is 34.4 Å². The first kappa shape index (κ1) is 10.3. The summed E-state index contributed by atoms with van der Waals surface area (Å²) in [5, 5.41) is 0. The van der Waals surface area contributed by atoms with Gasteiger partial charge in [0, 0.05) is 0 Å². The molecule has 0 bridgehead atoms. The van der Waals surface area contributed by atoms with Crippen LogP contribution in [0.3, 0.4) is 0 Å². The highest BCUT2D eigenvalue weighted by atomic mass is 14.5. The van der Waals surface area contributed by atoms with Crippen LogP contribution in [0.4, 0.5) is 0 Å². The monoisotopic (exact) mass is 177 g/mol. The molecule has 0 saturated carbocycles. The number of hydrogen-bond donors (Lipinski definition) is 1. The molecule has 1 heteroatoms. The summed E-state index contributed by atoms with van der Waals surface area (Å²) in [4.78, 5) is 0. The SMILES string of the molecule is CCc1cc(C)c(C)c(CCN)c1. The zero-order valence-corrected chi connectivity index (χ0v) is 8.85. The van der Waals surface area contributed by atoms with E-state index in [2.05, 4.69) is 32.9 Å². The molecule has 1 aromatic carbocycles. The van der Waals surface area contributed by atoms with E-state index in [1.165, 1.54) is 22.3 Å². The van der Waals surface area contributed by atoms with Crippen LogP contribution in [-0.2, 0) is 12.8 Å². The number of nitrogens with two attached hydrogens (primary N) is 1. The van der Waals surface area contributed by atoms with Gasteiger partial charge in [0.25, 0.3) is 0 Å². The fourth-order valence-corrected chi connectivity index (χ4v) is 1.63. The van der Waals surface area contributed by atoms with Crippen molar-refractivity contribution in [3.63, 3.8) is 0 Å². The van der Waals surface area contributed by atoms with Gasteiger partial charge in [-0.3, -0.25) is 0 Å². The maximum Gasteiger partial charge on any atom is -0.00366 e. The molecule has 0 aliphatic rings. The van der Waals surface area contributed by atoms with E-state index in [0.29, 0.717) is 0 Å². The molecule has 0 fully saturated rings. The van der Waals surface area contributed by atoms with E-state index >= 15 is 0 Å². The standard InChI is InChI=1S/C12H19N/c1-4-11-7-9(2)10(3)12(8-11)5-6-13/h7-8H,4-6,13H2,1-3H3. The van der Waals surface area contributed by atoms with Gasteiger partial charge in [-0.1, -0.05) is 19.1 Å². The van der Waals surface area contributed by atoms with E-state index < -0.39 is 0 Å². The van der Waals surface area contributed by atoms with E-state index in [0.717, 1.165) is 19.4 Å². The predicted octanol–water partition coefficient (Wildman–Crippen LogP) is 2.37. The van der Waals surface area contributed by atoms with E-state index in [-0.39, 0.29) is 0 Å². The van der Waals surface area contributed by atoms with Gasteiger partial charge in [-0.15, -0.1) is 0 Å². The van der Waals surface area contributed by atoms with E-state index in [1.54, 1.807) is 0 Å². The third-order valence-corrected chi connectivity index (χ3v) is 2.66. The molecule has 0 aromatic heterocycles. The first-order chi connectivity index (χ1) is 6.19. The highest BCUT2D eigenvalue weighted by molar-refractivity contribution is 5.37. The Kier molecular flexibility index (Phi) is 3.49. The number of hydrogen-bond acceptors (Lipinski definition) is 1. The topological polar surface area (TPSA) is 26.0 Å². The van der Waals surface area contributed by atoms with Crippen molar-refractivity contribution in [2.75, 3.05) is 6.54 Å². The van der Waals surface area contributed by atoms with Gasteiger partial charge in [-0.05, 0) is 55.5 Å². The number of rotatable bonds is 3. The van der Waals surface area contributed by atoms with E-state index in [4.69, 9.17) is 5.73 Å². The molecule has 0 amide bonds. The molecular weight excluding hydrogens is 158 g/mol. The van der Waals surface area contributed by atoms with Crippen molar-refractivity contribution in [2.24, 2.45) is 5.73 Å². The van der Waals surface area contributed by atoms with Gasteiger partial charge in [-0.2, -0.15) is 0 Å². The average Bonchev–Trinajstić information content (AvgIpc) is 2.13. The summed E-state index contributed by atoms with van der Waals surface area (Å²) in [6.45, 7) is 7.29. The van der Waals surface area contributed by atoms with Gasteiger partial charge in [0.15, 0.2) is 0 Å². The largest absolute Gasteiger partial charge is 0.330 e. The Labute approximate surface area is 81.0 Å². The van der Waals surface area contributed by atoms with Crippen LogP contribution in [0, 0.1) is 13.8 Å². The lowest BCUT2D eigenvalue weighted by atomic mass is 9.96. The molecule has 0 unspecified atom stereocenters. The highest BCUT2D eigenvalue weighted by Gasteiger charge is 2.02. The Morgan fingerprint density at radius 3 is 2.46 bits per heavy atom. The first-order valence-corrected chi connectivity index (χ1v) is 4.98. The molecule has 0 heterocycles. The normalized spacial score (nSPS) is 10.5. The summed E-state index contributed by atoms with van der Waals surface area (Å²) in [5.74, 6) is 0. The maximum absolute atomic E-state index is 5.57. The molecule has 0 aliphatic heterocycles. The minimum absolute atomic E-state index is 0.743.